The minimum atomic E-state index is -0.908. The van der Waals surface area contributed by atoms with Gasteiger partial charge in [0.2, 0.25) is 0 Å². The Morgan fingerprint density at radius 2 is 2.05 bits per heavy atom. The molecule has 4 nitrogen and oxygen atoms in total. The molecule has 106 valence electrons. The van der Waals surface area contributed by atoms with E-state index in [9.17, 15) is 14.7 Å². The van der Waals surface area contributed by atoms with E-state index in [0.29, 0.717) is 19.3 Å². The minimum absolute atomic E-state index is 0.0764. The van der Waals surface area contributed by atoms with Crippen molar-refractivity contribution in [3.8, 4) is 0 Å². The molecule has 3 rings (SSSR count). The van der Waals surface area contributed by atoms with E-state index in [2.05, 4.69) is 0 Å². The highest BCUT2D eigenvalue weighted by Crippen LogP contribution is 2.69. The van der Waals surface area contributed by atoms with Crippen LogP contribution in [-0.4, -0.2) is 29.6 Å². The molecule has 0 aromatic carbocycles. The van der Waals surface area contributed by atoms with Crippen LogP contribution in [0.2, 0.25) is 0 Å². The number of ketones is 1. The van der Waals surface area contributed by atoms with Gasteiger partial charge >= 0.3 is 5.97 Å². The Morgan fingerprint density at radius 1 is 1.37 bits per heavy atom. The standard InChI is InChI=1S/C15H22O4/c1-13(12(17)19-3)6-4-9-8-15(18)7-5-10(16)14(15,2)11(9)13/h9,11,18H,4-8H2,1-3H3/t9-,11+,13+,14+,15+/m1/s1. The van der Waals surface area contributed by atoms with E-state index >= 15 is 0 Å². The predicted molar refractivity (Wildman–Crippen MR) is 68.3 cm³/mol. The summed E-state index contributed by atoms with van der Waals surface area (Å²) in [6, 6.07) is 0. The van der Waals surface area contributed by atoms with Crippen LogP contribution in [0.4, 0.5) is 0 Å². The van der Waals surface area contributed by atoms with Gasteiger partial charge in [0.25, 0.3) is 0 Å². The van der Waals surface area contributed by atoms with Gasteiger partial charge in [-0.1, -0.05) is 0 Å². The van der Waals surface area contributed by atoms with Crippen LogP contribution in [0.15, 0.2) is 0 Å². The number of Topliss-reactive ketones (excluding diaryl/α,β-unsaturated/α-hetero) is 1. The van der Waals surface area contributed by atoms with Crippen LogP contribution in [0, 0.1) is 22.7 Å². The lowest BCUT2D eigenvalue weighted by Gasteiger charge is -2.41. The zero-order valence-corrected chi connectivity index (χ0v) is 11.9. The van der Waals surface area contributed by atoms with E-state index in [1.165, 1.54) is 7.11 Å². The van der Waals surface area contributed by atoms with Crippen LogP contribution >= 0.6 is 0 Å². The normalized spacial score (nSPS) is 52.1. The second-order valence-corrected chi connectivity index (χ2v) is 7.05. The molecule has 0 aliphatic heterocycles. The Bertz CT molecular complexity index is 459. The minimum Gasteiger partial charge on any atom is -0.469 e. The number of fused-ring (bicyclic) bond motifs is 3. The Balaban J connectivity index is 2.09. The van der Waals surface area contributed by atoms with Gasteiger partial charge < -0.3 is 9.84 Å². The molecule has 0 radical (unpaired) electrons. The summed E-state index contributed by atoms with van der Waals surface area (Å²) in [7, 11) is 1.40. The molecule has 3 fully saturated rings. The van der Waals surface area contributed by atoms with Crippen LogP contribution < -0.4 is 0 Å². The van der Waals surface area contributed by atoms with Crippen molar-refractivity contribution < 1.29 is 19.4 Å². The fourth-order valence-corrected chi connectivity index (χ4v) is 5.43. The number of hydrogen-bond acceptors (Lipinski definition) is 4. The van der Waals surface area contributed by atoms with E-state index in [1.54, 1.807) is 0 Å². The van der Waals surface area contributed by atoms with Gasteiger partial charge in [0, 0.05) is 6.42 Å². The quantitative estimate of drug-likeness (QED) is 0.734. The first-order valence-corrected chi connectivity index (χ1v) is 7.14. The van der Waals surface area contributed by atoms with Gasteiger partial charge in [0.05, 0.1) is 23.5 Å². The predicted octanol–water partition coefficient (Wildman–Crippen LogP) is 1.70. The van der Waals surface area contributed by atoms with E-state index in [1.807, 2.05) is 13.8 Å². The highest BCUT2D eigenvalue weighted by atomic mass is 16.5. The topological polar surface area (TPSA) is 63.6 Å². The molecule has 0 saturated heterocycles. The summed E-state index contributed by atoms with van der Waals surface area (Å²) in [5, 5.41) is 10.9. The van der Waals surface area contributed by atoms with Crippen LogP contribution in [0.3, 0.4) is 0 Å². The number of aliphatic hydroxyl groups is 1. The van der Waals surface area contributed by atoms with Gasteiger partial charge in [-0.3, -0.25) is 9.59 Å². The number of carbonyl (C=O) groups excluding carboxylic acids is 2. The molecule has 5 atom stereocenters. The average Bonchev–Trinajstić information content (AvgIpc) is 2.89. The third-order valence-electron chi connectivity index (χ3n) is 6.38. The Labute approximate surface area is 113 Å². The molecule has 0 heterocycles. The maximum atomic E-state index is 12.4. The molecule has 19 heavy (non-hydrogen) atoms. The van der Waals surface area contributed by atoms with Crippen LogP contribution in [0.1, 0.15) is 46.0 Å². The Kier molecular flexibility index (Phi) is 2.48. The molecule has 0 unspecified atom stereocenters. The lowest BCUT2D eigenvalue weighted by atomic mass is 9.62. The van der Waals surface area contributed by atoms with Gasteiger partial charge in [-0.2, -0.15) is 0 Å². The van der Waals surface area contributed by atoms with E-state index < -0.39 is 16.4 Å². The molecule has 3 aliphatic rings. The molecule has 0 aromatic rings. The van der Waals surface area contributed by atoms with Crippen LogP contribution in [0.5, 0.6) is 0 Å². The Morgan fingerprint density at radius 3 is 2.68 bits per heavy atom. The molecule has 3 saturated carbocycles. The average molecular weight is 266 g/mol. The van der Waals surface area contributed by atoms with E-state index in [4.69, 9.17) is 4.74 Å². The summed E-state index contributed by atoms with van der Waals surface area (Å²) >= 11 is 0. The van der Waals surface area contributed by atoms with E-state index in [-0.39, 0.29) is 23.6 Å². The highest BCUT2D eigenvalue weighted by Gasteiger charge is 2.73. The summed E-state index contributed by atoms with van der Waals surface area (Å²) in [5.41, 5.74) is -2.30. The zero-order valence-electron chi connectivity index (χ0n) is 11.9. The SMILES string of the molecule is COC(=O)[C@@]1(C)CC[C@@H]2C[C@@]3(O)CCC(=O)[C@@]3(C)[C@@H]21. The van der Waals surface area contributed by atoms with Gasteiger partial charge in [-0.15, -0.1) is 0 Å². The molecular formula is C15H22O4. The van der Waals surface area contributed by atoms with Crippen molar-refractivity contribution in [2.45, 2.75) is 51.6 Å². The first-order valence-electron chi connectivity index (χ1n) is 7.14. The smallest absolute Gasteiger partial charge is 0.311 e. The third-order valence-corrected chi connectivity index (χ3v) is 6.38. The monoisotopic (exact) mass is 266 g/mol. The van der Waals surface area contributed by atoms with Crippen molar-refractivity contribution >= 4 is 11.8 Å². The van der Waals surface area contributed by atoms with Crippen molar-refractivity contribution in [2.24, 2.45) is 22.7 Å². The summed E-state index contributed by atoms with van der Waals surface area (Å²) in [4.78, 5) is 24.6. The Hall–Kier alpha value is -0.900. The first-order chi connectivity index (χ1) is 8.79. The second-order valence-electron chi connectivity index (χ2n) is 7.05. The maximum Gasteiger partial charge on any atom is 0.311 e. The molecular weight excluding hydrogens is 244 g/mol. The molecule has 1 N–H and O–H groups in total. The molecule has 0 amide bonds. The van der Waals surface area contributed by atoms with Crippen molar-refractivity contribution in [3.05, 3.63) is 0 Å². The maximum absolute atomic E-state index is 12.4. The largest absolute Gasteiger partial charge is 0.469 e. The summed E-state index contributed by atoms with van der Waals surface area (Å²) in [5.74, 6) is 0.0838. The lowest BCUT2D eigenvalue weighted by Crippen LogP contribution is -2.50. The molecule has 0 aromatic heterocycles. The lowest BCUT2D eigenvalue weighted by molar-refractivity contribution is -0.161. The van der Waals surface area contributed by atoms with Crippen molar-refractivity contribution in [3.63, 3.8) is 0 Å². The highest BCUT2D eigenvalue weighted by molar-refractivity contribution is 5.91. The van der Waals surface area contributed by atoms with Crippen LogP contribution in [0.25, 0.3) is 0 Å². The van der Waals surface area contributed by atoms with Crippen molar-refractivity contribution in [1.82, 2.24) is 0 Å². The first kappa shape index (κ1) is 13.1. The number of hydrogen-bond donors (Lipinski definition) is 1. The van der Waals surface area contributed by atoms with E-state index in [0.717, 1.165) is 12.8 Å². The molecule has 0 bridgehead atoms. The molecule has 3 aliphatic carbocycles. The van der Waals surface area contributed by atoms with Gasteiger partial charge in [0.1, 0.15) is 5.78 Å². The zero-order chi connectivity index (χ0) is 14.1. The number of ether oxygens (including phenoxy) is 1. The number of methoxy groups -OCH3 is 1. The van der Waals surface area contributed by atoms with Crippen LogP contribution in [-0.2, 0) is 14.3 Å². The van der Waals surface area contributed by atoms with Crippen molar-refractivity contribution in [2.75, 3.05) is 7.11 Å². The summed E-state index contributed by atoms with van der Waals surface area (Å²) in [6.07, 6.45) is 3.31. The fourth-order valence-electron chi connectivity index (χ4n) is 5.43. The fraction of sp³-hybridized carbons (Fsp3) is 0.867. The second kappa shape index (κ2) is 3.60. The van der Waals surface area contributed by atoms with Crippen molar-refractivity contribution in [1.29, 1.82) is 0 Å². The number of esters is 1. The number of rotatable bonds is 1. The molecule has 0 spiro atoms. The van der Waals surface area contributed by atoms with Gasteiger partial charge in [-0.25, -0.2) is 0 Å². The molecule has 4 heteroatoms. The summed E-state index contributed by atoms with van der Waals surface area (Å²) < 4.78 is 4.98. The third kappa shape index (κ3) is 1.28. The van der Waals surface area contributed by atoms with Gasteiger partial charge in [0.15, 0.2) is 0 Å². The van der Waals surface area contributed by atoms with Gasteiger partial charge in [-0.05, 0) is 51.4 Å². The summed E-state index contributed by atoms with van der Waals surface area (Å²) in [6.45, 7) is 3.78. The number of carbonyl (C=O) groups is 2.